The molecular weight excluding hydrogens is 328 g/mol. The molecule has 0 fully saturated rings. The Bertz CT molecular complexity index is 601. The van der Waals surface area contributed by atoms with Crippen LogP contribution in [0.1, 0.15) is 10.4 Å². The van der Waals surface area contributed by atoms with Crippen molar-refractivity contribution >= 4 is 49.1 Å². The Balaban J connectivity index is 2.93. The van der Waals surface area contributed by atoms with Gasteiger partial charge in [0.05, 0.1) is 4.47 Å². The van der Waals surface area contributed by atoms with Gasteiger partial charge in [0.1, 0.15) is 5.56 Å². The summed E-state index contributed by atoms with van der Waals surface area (Å²) in [5.74, 6) is 0. The van der Waals surface area contributed by atoms with Gasteiger partial charge in [-0.2, -0.15) is 0 Å². The number of fused-ring (bicyclic) bond motifs is 1. The number of aldehydes is 1. The molecule has 0 aliphatic heterocycles. The van der Waals surface area contributed by atoms with Gasteiger partial charge < -0.3 is 4.42 Å². The molecule has 0 aliphatic rings. The van der Waals surface area contributed by atoms with Crippen LogP contribution in [-0.2, 0) is 0 Å². The van der Waals surface area contributed by atoms with Crippen LogP contribution in [0.4, 0.5) is 0 Å². The molecule has 3 nitrogen and oxygen atoms in total. The molecule has 76 valence electrons. The second-order valence-corrected chi connectivity index (χ2v) is 4.68. The van der Waals surface area contributed by atoms with Crippen LogP contribution in [0.25, 0.3) is 11.0 Å². The van der Waals surface area contributed by atoms with E-state index in [-0.39, 0.29) is 5.56 Å². The number of benzene rings is 1. The largest absolute Gasteiger partial charge is 0.421 e. The van der Waals surface area contributed by atoms with E-state index < -0.39 is 5.63 Å². The van der Waals surface area contributed by atoms with Crippen LogP contribution < -0.4 is 5.63 Å². The highest BCUT2D eigenvalue weighted by Gasteiger charge is 2.07. The van der Waals surface area contributed by atoms with Gasteiger partial charge in [-0.3, -0.25) is 4.79 Å². The van der Waals surface area contributed by atoms with Gasteiger partial charge in [0.15, 0.2) is 11.9 Å². The van der Waals surface area contributed by atoms with Gasteiger partial charge in [0.25, 0.3) is 0 Å². The first-order chi connectivity index (χ1) is 7.11. The molecule has 0 atom stereocenters. The van der Waals surface area contributed by atoms with Crippen molar-refractivity contribution < 1.29 is 9.21 Å². The average molecular weight is 332 g/mol. The minimum absolute atomic E-state index is 0.0208. The number of carbonyl (C=O) groups is 1. The smallest absolute Gasteiger partial charge is 0.346 e. The molecule has 1 aromatic carbocycles. The van der Waals surface area contributed by atoms with Crippen LogP contribution in [0.2, 0.25) is 0 Å². The fourth-order valence-corrected chi connectivity index (χ4v) is 2.59. The fraction of sp³-hybridized carbons (Fsp3) is 0. The normalized spacial score (nSPS) is 10.5. The van der Waals surface area contributed by atoms with Gasteiger partial charge in [-0.25, -0.2) is 4.79 Å². The third-order valence-corrected chi connectivity index (χ3v) is 2.95. The summed E-state index contributed by atoms with van der Waals surface area (Å²) in [4.78, 5) is 21.8. The topological polar surface area (TPSA) is 47.3 Å². The molecule has 2 aromatic rings. The van der Waals surface area contributed by atoms with Crippen molar-refractivity contribution in [3.05, 3.63) is 43.1 Å². The molecule has 5 heteroatoms. The minimum atomic E-state index is -0.625. The van der Waals surface area contributed by atoms with Crippen molar-refractivity contribution in [1.82, 2.24) is 0 Å². The second kappa shape index (κ2) is 3.90. The number of hydrogen-bond acceptors (Lipinski definition) is 3. The van der Waals surface area contributed by atoms with E-state index in [2.05, 4.69) is 31.9 Å². The molecule has 0 saturated carbocycles. The first-order valence-electron chi connectivity index (χ1n) is 4.00. The summed E-state index contributed by atoms with van der Waals surface area (Å²) in [6, 6.07) is 5.05. The van der Waals surface area contributed by atoms with Crippen molar-refractivity contribution in [2.75, 3.05) is 0 Å². The van der Waals surface area contributed by atoms with Crippen molar-refractivity contribution in [2.45, 2.75) is 0 Å². The molecule has 0 aliphatic carbocycles. The van der Waals surface area contributed by atoms with Crippen LogP contribution in [0, 0.1) is 0 Å². The maximum atomic E-state index is 11.3. The average Bonchev–Trinajstić information content (AvgIpc) is 2.18. The zero-order valence-electron chi connectivity index (χ0n) is 7.29. The maximum Gasteiger partial charge on any atom is 0.346 e. The Morgan fingerprint density at radius 1 is 1.20 bits per heavy atom. The van der Waals surface area contributed by atoms with E-state index in [0.717, 1.165) is 4.47 Å². The van der Waals surface area contributed by atoms with Gasteiger partial charge in [0.2, 0.25) is 0 Å². The summed E-state index contributed by atoms with van der Waals surface area (Å²) in [5.41, 5.74) is -0.165. The molecule has 15 heavy (non-hydrogen) atoms. The molecule has 0 spiro atoms. The van der Waals surface area contributed by atoms with Gasteiger partial charge in [-0.05, 0) is 34.1 Å². The number of rotatable bonds is 1. The van der Waals surface area contributed by atoms with Gasteiger partial charge in [-0.1, -0.05) is 15.9 Å². The Hall–Kier alpha value is -0.940. The van der Waals surface area contributed by atoms with E-state index in [1.807, 2.05) is 0 Å². The quantitative estimate of drug-likeness (QED) is 0.595. The highest BCUT2D eigenvalue weighted by Crippen LogP contribution is 2.27. The Kier molecular flexibility index (Phi) is 2.75. The van der Waals surface area contributed by atoms with E-state index in [9.17, 15) is 9.59 Å². The zero-order chi connectivity index (χ0) is 11.0. The molecule has 1 aromatic heterocycles. The van der Waals surface area contributed by atoms with Crippen LogP contribution >= 0.6 is 31.9 Å². The molecule has 0 saturated heterocycles. The molecular formula is C10H4Br2O3. The van der Waals surface area contributed by atoms with E-state index >= 15 is 0 Å². The van der Waals surface area contributed by atoms with Crippen LogP contribution in [0.5, 0.6) is 0 Å². The van der Waals surface area contributed by atoms with E-state index in [4.69, 9.17) is 4.42 Å². The second-order valence-electron chi connectivity index (χ2n) is 2.91. The van der Waals surface area contributed by atoms with Crippen molar-refractivity contribution in [3.63, 3.8) is 0 Å². The van der Waals surface area contributed by atoms with Gasteiger partial charge in [0, 0.05) is 9.86 Å². The number of halogens is 2. The first kappa shape index (κ1) is 10.6. The van der Waals surface area contributed by atoms with Crippen LogP contribution in [0.15, 0.2) is 36.4 Å². The van der Waals surface area contributed by atoms with Crippen LogP contribution in [0.3, 0.4) is 0 Å². The molecule has 0 amide bonds. The number of carbonyl (C=O) groups excluding carboxylic acids is 1. The summed E-state index contributed by atoms with van der Waals surface area (Å²) in [7, 11) is 0. The van der Waals surface area contributed by atoms with Crippen molar-refractivity contribution in [1.29, 1.82) is 0 Å². The standard InChI is InChI=1S/C10H4Br2O3/c11-7-2-5-1-6(4-13)10(14)15-9(5)8(12)3-7/h1-4H. The lowest BCUT2D eigenvalue weighted by molar-refractivity contribution is 0.112. The predicted molar refractivity (Wildman–Crippen MR) is 63.3 cm³/mol. The summed E-state index contributed by atoms with van der Waals surface area (Å²) in [6.07, 6.45) is 0.486. The summed E-state index contributed by atoms with van der Waals surface area (Å²) >= 11 is 6.59. The lowest BCUT2D eigenvalue weighted by Crippen LogP contribution is -2.05. The monoisotopic (exact) mass is 330 g/mol. The first-order valence-corrected chi connectivity index (χ1v) is 5.58. The van der Waals surface area contributed by atoms with Crippen molar-refractivity contribution in [2.24, 2.45) is 0 Å². The molecule has 2 rings (SSSR count). The molecule has 1 heterocycles. The van der Waals surface area contributed by atoms with E-state index in [1.165, 1.54) is 6.07 Å². The summed E-state index contributed by atoms with van der Waals surface area (Å²) in [5, 5.41) is 0.693. The highest BCUT2D eigenvalue weighted by molar-refractivity contribution is 9.11. The lowest BCUT2D eigenvalue weighted by Gasteiger charge is -2.00. The number of hydrogen-bond donors (Lipinski definition) is 0. The van der Waals surface area contributed by atoms with E-state index in [0.29, 0.717) is 21.7 Å². The maximum absolute atomic E-state index is 11.3. The third-order valence-electron chi connectivity index (χ3n) is 1.91. The minimum Gasteiger partial charge on any atom is -0.421 e. The lowest BCUT2D eigenvalue weighted by atomic mass is 10.2. The fourth-order valence-electron chi connectivity index (χ4n) is 1.26. The Morgan fingerprint density at radius 2 is 1.93 bits per heavy atom. The summed E-state index contributed by atoms with van der Waals surface area (Å²) < 4.78 is 6.52. The highest BCUT2D eigenvalue weighted by atomic mass is 79.9. The molecule has 0 radical (unpaired) electrons. The molecule has 0 bridgehead atoms. The molecule has 0 unspecified atom stereocenters. The Morgan fingerprint density at radius 3 is 2.60 bits per heavy atom. The van der Waals surface area contributed by atoms with Crippen LogP contribution in [-0.4, -0.2) is 6.29 Å². The third kappa shape index (κ3) is 1.89. The molecule has 0 N–H and O–H groups in total. The Labute approximate surface area is 101 Å². The zero-order valence-corrected chi connectivity index (χ0v) is 10.5. The summed E-state index contributed by atoms with van der Waals surface area (Å²) in [6.45, 7) is 0. The van der Waals surface area contributed by atoms with Crippen molar-refractivity contribution in [3.8, 4) is 0 Å². The van der Waals surface area contributed by atoms with E-state index in [1.54, 1.807) is 12.1 Å². The SMILES string of the molecule is O=Cc1cc2cc(Br)cc(Br)c2oc1=O. The van der Waals surface area contributed by atoms with Gasteiger partial charge >= 0.3 is 5.63 Å². The van der Waals surface area contributed by atoms with Gasteiger partial charge in [-0.15, -0.1) is 0 Å². The predicted octanol–water partition coefficient (Wildman–Crippen LogP) is 3.13.